The van der Waals surface area contributed by atoms with Crippen LogP contribution in [0, 0.1) is 0 Å². The highest BCUT2D eigenvalue weighted by Gasteiger charge is 2.12. The second-order valence-corrected chi connectivity index (χ2v) is 7.76. The number of anilines is 1. The van der Waals surface area contributed by atoms with Crippen LogP contribution in [-0.4, -0.2) is 10.9 Å². The van der Waals surface area contributed by atoms with Crippen molar-refractivity contribution in [1.82, 2.24) is 4.98 Å². The lowest BCUT2D eigenvalue weighted by molar-refractivity contribution is 0.102. The van der Waals surface area contributed by atoms with Crippen molar-refractivity contribution in [3.05, 3.63) is 93.8 Å². The minimum Gasteiger partial charge on any atom is -0.322 e. The Labute approximate surface area is 176 Å². The Bertz CT molecular complexity index is 1140. The van der Waals surface area contributed by atoms with Gasteiger partial charge in [-0.1, -0.05) is 65.7 Å². The van der Waals surface area contributed by atoms with E-state index >= 15 is 0 Å². The van der Waals surface area contributed by atoms with Gasteiger partial charge in [0.15, 0.2) is 0 Å². The summed E-state index contributed by atoms with van der Waals surface area (Å²) in [4.78, 5) is 17.3. The smallest absolute Gasteiger partial charge is 0.257 e. The summed E-state index contributed by atoms with van der Waals surface area (Å²) in [6.07, 6.45) is 0. The number of carbonyl (C=O) groups is 1. The normalized spacial score (nSPS) is 10.6. The summed E-state index contributed by atoms with van der Waals surface area (Å²) in [6, 6.07) is 22.4. The third-order valence-electron chi connectivity index (χ3n) is 4.12. The Balaban J connectivity index is 1.57. The van der Waals surface area contributed by atoms with Crippen molar-refractivity contribution >= 4 is 46.1 Å². The fourth-order valence-electron chi connectivity index (χ4n) is 2.75. The van der Waals surface area contributed by atoms with E-state index < -0.39 is 0 Å². The number of nitrogens with zero attached hydrogens (tertiary/aromatic N) is 1. The van der Waals surface area contributed by atoms with Crippen LogP contribution in [0.1, 0.15) is 10.4 Å². The molecule has 0 aliphatic heterocycles. The van der Waals surface area contributed by atoms with Crippen LogP contribution in [0.25, 0.3) is 21.8 Å². The average molecular weight is 425 g/mol. The maximum atomic E-state index is 12.5. The van der Waals surface area contributed by atoms with E-state index in [9.17, 15) is 4.79 Å². The number of rotatable bonds is 4. The number of carbonyl (C=O) groups excluding carboxylic acids is 1. The second kappa shape index (κ2) is 8.15. The number of halogens is 2. The molecule has 28 heavy (non-hydrogen) atoms. The zero-order valence-corrected chi connectivity index (χ0v) is 16.9. The van der Waals surface area contributed by atoms with Crippen LogP contribution in [0.4, 0.5) is 5.69 Å². The molecular weight excluding hydrogens is 411 g/mol. The van der Waals surface area contributed by atoms with E-state index in [1.165, 1.54) is 0 Å². The first-order valence-electron chi connectivity index (χ1n) is 8.48. The molecule has 0 aliphatic carbocycles. The van der Waals surface area contributed by atoms with Gasteiger partial charge in [0.05, 0.1) is 16.3 Å². The standard InChI is InChI=1S/C22H14Cl2N2OS/c23-16-9-10-18(19(24)12-16)21(27)25-17-8-4-7-15(11-17)20-13-28-22(26-20)14-5-2-1-3-6-14/h1-13H,(H,25,27). The molecule has 0 saturated carbocycles. The molecule has 1 amide bonds. The second-order valence-electron chi connectivity index (χ2n) is 6.06. The summed E-state index contributed by atoms with van der Waals surface area (Å²) in [5, 5.41) is 6.65. The Hall–Kier alpha value is -2.66. The van der Waals surface area contributed by atoms with Crippen LogP contribution in [0.3, 0.4) is 0 Å². The Morgan fingerprint density at radius 2 is 1.68 bits per heavy atom. The number of thiazole rings is 1. The molecule has 4 aromatic rings. The van der Waals surface area contributed by atoms with E-state index in [1.54, 1.807) is 29.5 Å². The van der Waals surface area contributed by atoms with Crippen LogP contribution in [-0.2, 0) is 0 Å². The SMILES string of the molecule is O=C(Nc1cccc(-c2csc(-c3ccccc3)n2)c1)c1ccc(Cl)cc1Cl. The van der Waals surface area contributed by atoms with Gasteiger partial charge in [-0.25, -0.2) is 4.98 Å². The molecule has 0 atom stereocenters. The highest BCUT2D eigenvalue weighted by Crippen LogP contribution is 2.30. The largest absolute Gasteiger partial charge is 0.322 e. The Morgan fingerprint density at radius 3 is 2.46 bits per heavy atom. The van der Waals surface area contributed by atoms with E-state index in [2.05, 4.69) is 5.32 Å². The van der Waals surface area contributed by atoms with Gasteiger partial charge in [0.2, 0.25) is 0 Å². The molecule has 1 N–H and O–H groups in total. The van der Waals surface area contributed by atoms with Gasteiger partial charge in [0.25, 0.3) is 5.91 Å². The number of aromatic nitrogens is 1. The van der Waals surface area contributed by atoms with Gasteiger partial charge in [-0.05, 0) is 30.3 Å². The quantitative estimate of drug-likeness (QED) is 0.381. The Kier molecular flexibility index (Phi) is 5.44. The maximum Gasteiger partial charge on any atom is 0.257 e. The Morgan fingerprint density at radius 1 is 0.893 bits per heavy atom. The number of hydrogen-bond acceptors (Lipinski definition) is 3. The summed E-state index contributed by atoms with van der Waals surface area (Å²) in [5.41, 5.74) is 3.92. The lowest BCUT2D eigenvalue weighted by Crippen LogP contribution is -2.12. The molecule has 0 aliphatic rings. The third kappa shape index (κ3) is 4.09. The lowest BCUT2D eigenvalue weighted by Gasteiger charge is -2.08. The van der Waals surface area contributed by atoms with E-state index in [4.69, 9.17) is 28.2 Å². The van der Waals surface area contributed by atoms with Crippen molar-refractivity contribution in [3.63, 3.8) is 0 Å². The molecule has 0 fully saturated rings. The first-order valence-corrected chi connectivity index (χ1v) is 10.1. The number of amides is 1. The molecule has 0 unspecified atom stereocenters. The molecule has 3 nitrogen and oxygen atoms in total. The van der Waals surface area contributed by atoms with E-state index in [1.807, 2.05) is 60.0 Å². The molecule has 1 heterocycles. The monoisotopic (exact) mass is 424 g/mol. The molecule has 1 aromatic heterocycles. The molecule has 0 saturated heterocycles. The van der Waals surface area contributed by atoms with Gasteiger partial charge >= 0.3 is 0 Å². The first-order chi connectivity index (χ1) is 13.6. The van der Waals surface area contributed by atoms with Gasteiger partial charge in [-0.15, -0.1) is 11.3 Å². The van der Waals surface area contributed by atoms with Gasteiger partial charge in [-0.3, -0.25) is 4.79 Å². The van der Waals surface area contributed by atoms with Crippen LogP contribution in [0.2, 0.25) is 10.0 Å². The maximum absolute atomic E-state index is 12.5. The van der Waals surface area contributed by atoms with Crippen molar-refractivity contribution in [3.8, 4) is 21.8 Å². The minimum absolute atomic E-state index is 0.290. The minimum atomic E-state index is -0.290. The summed E-state index contributed by atoms with van der Waals surface area (Å²) >= 11 is 13.6. The number of hydrogen-bond donors (Lipinski definition) is 1. The van der Waals surface area contributed by atoms with Crippen molar-refractivity contribution in [2.75, 3.05) is 5.32 Å². The molecule has 0 spiro atoms. The third-order valence-corrected chi connectivity index (χ3v) is 5.56. The zero-order chi connectivity index (χ0) is 19.5. The highest BCUT2D eigenvalue weighted by molar-refractivity contribution is 7.13. The lowest BCUT2D eigenvalue weighted by atomic mass is 10.1. The van der Waals surface area contributed by atoms with Crippen molar-refractivity contribution in [2.45, 2.75) is 0 Å². The van der Waals surface area contributed by atoms with Crippen molar-refractivity contribution < 1.29 is 4.79 Å². The predicted molar refractivity (Wildman–Crippen MR) is 117 cm³/mol. The molecule has 3 aromatic carbocycles. The van der Waals surface area contributed by atoms with E-state index in [-0.39, 0.29) is 5.91 Å². The van der Waals surface area contributed by atoms with Crippen LogP contribution in [0.5, 0.6) is 0 Å². The zero-order valence-electron chi connectivity index (χ0n) is 14.5. The molecular formula is C22H14Cl2N2OS. The van der Waals surface area contributed by atoms with Crippen molar-refractivity contribution in [2.24, 2.45) is 0 Å². The van der Waals surface area contributed by atoms with Crippen molar-refractivity contribution in [1.29, 1.82) is 0 Å². The summed E-state index contributed by atoms with van der Waals surface area (Å²) < 4.78 is 0. The molecule has 0 radical (unpaired) electrons. The summed E-state index contributed by atoms with van der Waals surface area (Å²) in [6.45, 7) is 0. The summed E-state index contributed by atoms with van der Waals surface area (Å²) in [7, 11) is 0. The average Bonchev–Trinajstić information content (AvgIpc) is 3.19. The number of benzene rings is 3. The van der Waals surface area contributed by atoms with Gasteiger partial charge in [0, 0.05) is 27.2 Å². The van der Waals surface area contributed by atoms with E-state index in [0.717, 1.165) is 21.8 Å². The van der Waals surface area contributed by atoms with Gasteiger partial charge in [0.1, 0.15) is 5.01 Å². The first kappa shape index (κ1) is 18.7. The van der Waals surface area contributed by atoms with Gasteiger partial charge in [-0.2, -0.15) is 0 Å². The summed E-state index contributed by atoms with van der Waals surface area (Å²) in [5.74, 6) is -0.290. The topological polar surface area (TPSA) is 42.0 Å². The van der Waals surface area contributed by atoms with Crippen LogP contribution >= 0.6 is 34.5 Å². The molecule has 6 heteroatoms. The molecule has 138 valence electrons. The molecule has 0 bridgehead atoms. The van der Waals surface area contributed by atoms with Gasteiger partial charge < -0.3 is 5.32 Å². The van der Waals surface area contributed by atoms with E-state index in [0.29, 0.717) is 21.3 Å². The molecule has 4 rings (SSSR count). The van der Waals surface area contributed by atoms with Crippen LogP contribution in [0.15, 0.2) is 78.2 Å². The highest BCUT2D eigenvalue weighted by atomic mass is 35.5. The number of nitrogens with one attached hydrogen (secondary N) is 1. The fraction of sp³-hybridized carbons (Fsp3) is 0. The fourth-order valence-corrected chi connectivity index (χ4v) is 4.08. The van der Waals surface area contributed by atoms with Crippen LogP contribution < -0.4 is 5.32 Å². The predicted octanol–water partition coefficient (Wildman–Crippen LogP) is 7.04.